The summed E-state index contributed by atoms with van der Waals surface area (Å²) >= 11 is 17.7. The molecule has 0 aliphatic heterocycles. The highest BCUT2D eigenvalue weighted by atomic mass is 35.5. The zero-order valence-electron chi connectivity index (χ0n) is 10.4. The Labute approximate surface area is 132 Å². The Morgan fingerprint density at radius 1 is 0.800 bits per heavy atom. The highest BCUT2D eigenvalue weighted by Crippen LogP contribution is 2.33. The zero-order chi connectivity index (χ0) is 14.5. The summed E-state index contributed by atoms with van der Waals surface area (Å²) in [5.41, 5.74) is 6.34. The van der Waals surface area contributed by atoms with Gasteiger partial charge < -0.3 is 15.2 Å². The number of nitrogens with two attached hydrogens (primary N) is 1. The molecule has 20 heavy (non-hydrogen) atoms. The molecule has 2 aromatic carbocycles. The molecule has 3 nitrogen and oxygen atoms in total. The quantitative estimate of drug-likeness (QED) is 0.491. The monoisotopic (exact) mass is 331 g/mol. The van der Waals surface area contributed by atoms with Crippen LogP contribution in [0.2, 0.25) is 15.1 Å². The van der Waals surface area contributed by atoms with Crippen molar-refractivity contribution < 1.29 is 9.47 Å². The fourth-order valence-electron chi connectivity index (χ4n) is 1.53. The topological polar surface area (TPSA) is 44.5 Å². The number of ether oxygens (including phenoxy) is 2. The summed E-state index contributed by atoms with van der Waals surface area (Å²) in [7, 11) is 0. The SMILES string of the molecule is Nc1ccccc1OCCOc1cc(Cl)c(Cl)cc1Cl. The summed E-state index contributed by atoms with van der Waals surface area (Å²) in [6.45, 7) is 0.650. The van der Waals surface area contributed by atoms with Crippen LogP contribution in [-0.4, -0.2) is 13.2 Å². The molecule has 0 atom stereocenters. The second-order valence-electron chi connectivity index (χ2n) is 3.93. The lowest BCUT2D eigenvalue weighted by Crippen LogP contribution is -2.10. The number of hydrogen-bond donors (Lipinski definition) is 1. The summed E-state index contributed by atoms with van der Waals surface area (Å²) in [6.07, 6.45) is 0. The van der Waals surface area contributed by atoms with E-state index in [0.29, 0.717) is 45.5 Å². The Morgan fingerprint density at radius 2 is 1.40 bits per heavy atom. The number of benzene rings is 2. The number of halogens is 3. The molecule has 0 aromatic heterocycles. The van der Waals surface area contributed by atoms with Crippen molar-refractivity contribution in [1.29, 1.82) is 0 Å². The molecule has 0 unspecified atom stereocenters. The Bertz CT molecular complexity index is 605. The van der Waals surface area contributed by atoms with Gasteiger partial charge in [0.05, 0.1) is 20.8 Å². The van der Waals surface area contributed by atoms with Crippen LogP contribution in [0, 0.1) is 0 Å². The van der Waals surface area contributed by atoms with Gasteiger partial charge in [0.15, 0.2) is 0 Å². The lowest BCUT2D eigenvalue weighted by Gasteiger charge is -2.11. The first-order valence-corrected chi connectivity index (χ1v) is 6.96. The third kappa shape index (κ3) is 3.85. The van der Waals surface area contributed by atoms with Crippen LogP contribution in [0.5, 0.6) is 11.5 Å². The van der Waals surface area contributed by atoms with Crippen LogP contribution in [0.1, 0.15) is 0 Å². The van der Waals surface area contributed by atoms with Crippen LogP contribution in [0.15, 0.2) is 36.4 Å². The maximum atomic E-state index is 5.99. The maximum absolute atomic E-state index is 5.99. The third-order valence-corrected chi connectivity index (χ3v) is 3.51. The second kappa shape index (κ2) is 6.93. The van der Waals surface area contributed by atoms with Gasteiger partial charge in [-0.2, -0.15) is 0 Å². The minimum atomic E-state index is 0.312. The van der Waals surface area contributed by atoms with Gasteiger partial charge in [0.25, 0.3) is 0 Å². The summed E-state index contributed by atoms with van der Waals surface area (Å²) < 4.78 is 11.0. The summed E-state index contributed by atoms with van der Waals surface area (Å²) in [4.78, 5) is 0. The molecule has 0 saturated heterocycles. The first kappa shape index (κ1) is 15.1. The normalized spacial score (nSPS) is 10.3. The largest absolute Gasteiger partial charge is 0.488 e. The van der Waals surface area contributed by atoms with Gasteiger partial charge in [0.1, 0.15) is 24.7 Å². The van der Waals surface area contributed by atoms with E-state index in [4.69, 9.17) is 50.0 Å². The third-order valence-electron chi connectivity index (χ3n) is 2.49. The van der Waals surface area contributed by atoms with Crippen LogP contribution < -0.4 is 15.2 Å². The van der Waals surface area contributed by atoms with Gasteiger partial charge in [-0.05, 0) is 18.2 Å². The summed E-state index contributed by atoms with van der Waals surface area (Å²) in [5, 5.41) is 1.18. The van der Waals surface area contributed by atoms with Crippen LogP contribution >= 0.6 is 34.8 Å². The van der Waals surface area contributed by atoms with E-state index in [-0.39, 0.29) is 0 Å². The lowest BCUT2D eigenvalue weighted by molar-refractivity contribution is 0.218. The van der Waals surface area contributed by atoms with Crippen molar-refractivity contribution in [3.63, 3.8) is 0 Å². The van der Waals surface area contributed by atoms with Crippen LogP contribution in [0.25, 0.3) is 0 Å². The lowest BCUT2D eigenvalue weighted by atomic mass is 10.3. The molecule has 2 aromatic rings. The minimum Gasteiger partial charge on any atom is -0.488 e. The second-order valence-corrected chi connectivity index (χ2v) is 5.15. The van der Waals surface area contributed by atoms with Crippen LogP contribution in [-0.2, 0) is 0 Å². The average Bonchev–Trinajstić information content (AvgIpc) is 2.42. The molecule has 0 spiro atoms. The van der Waals surface area contributed by atoms with Gasteiger partial charge in [0.2, 0.25) is 0 Å². The van der Waals surface area contributed by atoms with Gasteiger partial charge >= 0.3 is 0 Å². The minimum absolute atomic E-state index is 0.312. The molecule has 0 fully saturated rings. The van der Waals surface area contributed by atoms with Crippen molar-refractivity contribution in [2.45, 2.75) is 0 Å². The number of anilines is 1. The molecule has 0 amide bonds. The van der Waals surface area contributed by atoms with Crippen molar-refractivity contribution in [1.82, 2.24) is 0 Å². The molecule has 2 N–H and O–H groups in total. The average molecular weight is 333 g/mol. The van der Waals surface area contributed by atoms with E-state index in [1.165, 1.54) is 6.07 Å². The zero-order valence-corrected chi connectivity index (χ0v) is 12.7. The van der Waals surface area contributed by atoms with E-state index in [1.54, 1.807) is 18.2 Å². The predicted molar refractivity (Wildman–Crippen MR) is 83.3 cm³/mol. The molecule has 6 heteroatoms. The van der Waals surface area contributed by atoms with Crippen molar-refractivity contribution in [2.24, 2.45) is 0 Å². The molecule has 0 bridgehead atoms. The van der Waals surface area contributed by atoms with Gasteiger partial charge in [0, 0.05) is 6.07 Å². The molecule has 0 heterocycles. The maximum Gasteiger partial charge on any atom is 0.142 e. The molecule has 0 radical (unpaired) electrons. The van der Waals surface area contributed by atoms with E-state index in [1.807, 2.05) is 12.1 Å². The first-order valence-electron chi connectivity index (χ1n) is 5.82. The molecular weight excluding hydrogens is 321 g/mol. The molecule has 0 aliphatic carbocycles. The van der Waals surface area contributed by atoms with Crippen molar-refractivity contribution in [3.05, 3.63) is 51.5 Å². The predicted octanol–water partition coefficient (Wildman–Crippen LogP) is 4.69. The van der Waals surface area contributed by atoms with Gasteiger partial charge in [-0.3, -0.25) is 0 Å². The molecular formula is C14H12Cl3NO2. The standard InChI is InChI=1S/C14H12Cl3NO2/c15-9-7-11(17)14(8-10(9)16)20-6-5-19-13-4-2-1-3-12(13)18/h1-4,7-8H,5-6,18H2. The molecule has 0 saturated carbocycles. The Morgan fingerprint density at radius 3 is 2.10 bits per heavy atom. The number of rotatable bonds is 5. The Balaban J connectivity index is 1.88. The van der Waals surface area contributed by atoms with Gasteiger partial charge in [-0.25, -0.2) is 0 Å². The highest BCUT2D eigenvalue weighted by molar-refractivity contribution is 6.43. The number of para-hydroxylation sites is 2. The number of hydrogen-bond acceptors (Lipinski definition) is 3. The van der Waals surface area contributed by atoms with E-state index >= 15 is 0 Å². The fraction of sp³-hybridized carbons (Fsp3) is 0.143. The summed E-state index contributed by atoms with van der Waals surface area (Å²) in [5.74, 6) is 1.09. The van der Waals surface area contributed by atoms with Gasteiger partial charge in [-0.15, -0.1) is 0 Å². The van der Waals surface area contributed by atoms with E-state index < -0.39 is 0 Å². The fourth-order valence-corrected chi connectivity index (χ4v) is 2.12. The smallest absolute Gasteiger partial charge is 0.142 e. The van der Waals surface area contributed by atoms with Crippen molar-refractivity contribution in [3.8, 4) is 11.5 Å². The van der Waals surface area contributed by atoms with Gasteiger partial charge in [-0.1, -0.05) is 46.9 Å². The first-order chi connectivity index (χ1) is 9.58. The molecule has 106 valence electrons. The molecule has 0 aliphatic rings. The Kier molecular flexibility index (Phi) is 5.24. The van der Waals surface area contributed by atoms with Crippen molar-refractivity contribution in [2.75, 3.05) is 18.9 Å². The van der Waals surface area contributed by atoms with E-state index in [2.05, 4.69) is 0 Å². The molecule has 2 rings (SSSR count). The number of nitrogen functional groups attached to an aromatic ring is 1. The van der Waals surface area contributed by atoms with Crippen LogP contribution in [0.4, 0.5) is 5.69 Å². The summed E-state index contributed by atoms with van der Waals surface area (Å²) in [6, 6.07) is 10.4. The highest BCUT2D eigenvalue weighted by Gasteiger charge is 2.07. The van der Waals surface area contributed by atoms with Crippen molar-refractivity contribution >= 4 is 40.5 Å². The Hall–Kier alpha value is -1.29. The van der Waals surface area contributed by atoms with Crippen LogP contribution in [0.3, 0.4) is 0 Å². The van der Waals surface area contributed by atoms with E-state index in [9.17, 15) is 0 Å². The van der Waals surface area contributed by atoms with E-state index in [0.717, 1.165) is 0 Å².